The second-order valence-corrected chi connectivity index (χ2v) is 9.89. The largest absolute Gasteiger partial charge is 0.497 e. The lowest BCUT2D eigenvalue weighted by Crippen LogP contribution is -2.43. The fourth-order valence-electron chi connectivity index (χ4n) is 5.42. The number of amides is 1. The van der Waals surface area contributed by atoms with Crippen molar-refractivity contribution in [2.75, 3.05) is 12.4 Å². The zero-order chi connectivity index (χ0) is 25.6. The highest BCUT2D eigenvalue weighted by molar-refractivity contribution is 6.06. The van der Waals surface area contributed by atoms with Crippen LogP contribution in [0.15, 0.2) is 53.7 Å². The molecule has 2 aliphatic carbocycles. The van der Waals surface area contributed by atoms with E-state index in [-0.39, 0.29) is 18.0 Å². The molecular weight excluding hydrogens is 461 g/mol. The number of anilines is 1. The van der Waals surface area contributed by atoms with Crippen molar-refractivity contribution in [1.29, 1.82) is 0 Å². The van der Waals surface area contributed by atoms with Crippen molar-refractivity contribution < 1.29 is 32.3 Å². The molecule has 35 heavy (non-hydrogen) atoms. The van der Waals surface area contributed by atoms with E-state index in [4.69, 9.17) is 9.57 Å². The van der Waals surface area contributed by atoms with Crippen molar-refractivity contribution in [1.82, 2.24) is 0 Å². The monoisotopic (exact) mass is 488 g/mol. The van der Waals surface area contributed by atoms with Crippen LogP contribution in [-0.2, 0) is 15.8 Å². The highest BCUT2D eigenvalue weighted by Crippen LogP contribution is 2.71. The molecule has 2 bridgehead atoms. The number of ether oxygens (including phenoxy) is 1. The molecule has 0 heterocycles. The van der Waals surface area contributed by atoms with Crippen molar-refractivity contribution in [2.24, 2.45) is 21.4 Å². The molecule has 2 atom stereocenters. The van der Waals surface area contributed by atoms with Gasteiger partial charge in [0, 0.05) is 17.5 Å². The number of hydrogen-bond donors (Lipinski definition) is 1. The van der Waals surface area contributed by atoms with Gasteiger partial charge in [-0.1, -0.05) is 32.0 Å². The first-order valence-corrected chi connectivity index (χ1v) is 11.3. The number of fused-ring (bicyclic) bond motifs is 2. The number of nitrogens with zero attached hydrogens (tertiary/aromatic N) is 1. The predicted molar refractivity (Wildman–Crippen MR) is 124 cm³/mol. The van der Waals surface area contributed by atoms with Gasteiger partial charge in [0.25, 0.3) is 0 Å². The van der Waals surface area contributed by atoms with Crippen molar-refractivity contribution in [2.45, 2.75) is 46.2 Å². The van der Waals surface area contributed by atoms with Gasteiger partial charge < -0.3 is 14.9 Å². The highest BCUT2D eigenvalue weighted by Gasteiger charge is 2.71. The Morgan fingerprint density at radius 2 is 1.71 bits per heavy atom. The van der Waals surface area contributed by atoms with E-state index in [2.05, 4.69) is 10.5 Å². The number of nitrogens with one attached hydrogen (secondary N) is 1. The summed E-state index contributed by atoms with van der Waals surface area (Å²) in [5, 5.41) is 6.88. The van der Waals surface area contributed by atoms with Crippen LogP contribution in [0.3, 0.4) is 0 Å². The van der Waals surface area contributed by atoms with E-state index < -0.39 is 34.0 Å². The minimum Gasteiger partial charge on any atom is -0.497 e. The lowest BCUT2D eigenvalue weighted by Gasteiger charge is -2.39. The summed E-state index contributed by atoms with van der Waals surface area (Å²) in [6, 6.07) is 11.0. The number of alkyl halides is 3. The van der Waals surface area contributed by atoms with Crippen LogP contribution >= 0.6 is 0 Å². The molecule has 186 valence electrons. The molecule has 0 saturated heterocycles. The summed E-state index contributed by atoms with van der Waals surface area (Å²) < 4.78 is 44.4. The molecule has 0 spiro atoms. The van der Waals surface area contributed by atoms with E-state index in [1.54, 1.807) is 24.3 Å². The van der Waals surface area contributed by atoms with E-state index in [1.807, 2.05) is 20.8 Å². The minimum atomic E-state index is -4.51. The number of carbonyl (C=O) groups is 2. The molecule has 0 aliphatic heterocycles. The third-order valence-corrected chi connectivity index (χ3v) is 8.18. The summed E-state index contributed by atoms with van der Waals surface area (Å²) in [6.07, 6.45) is -3.08. The molecule has 1 amide bonds. The average molecular weight is 489 g/mol. The van der Waals surface area contributed by atoms with Crippen LogP contribution in [-0.4, -0.2) is 24.7 Å². The Hall–Kier alpha value is -3.36. The zero-order valence-corrected chi connectivity index (χ0v) is 20.0. The molecule has 1 N–H and O–H groups in total. The summed E-state index contributed by atoms with van der Waals surface area (Å²) in [5.74, 6) is -0.395. The van der Waals surface area contributed by atoms with Crippen molar-refractivity contribution >= 4 is 23.3 Å². The van der Waals surface area contributed by atoms with Gasteiger partial charge in [-0.15, -0.1) is 0 Å². The third kappa shape index (κ3) is 3.96. The van der Waals surface area contributed by atoms with Crippen LogP contribution in [0.1, 0.15) is 56.0 Å². The van der Waals surface area contributed by atoms with Gasteiger partial charge in [0.2, 0.25) is 5.91 Å². The first-order chi connectivity index (χ1) is 16.3. The molecule has 2 aromatic rings. The van der Waals surface area contributed by atoms with Gasteiger partial charge in [-0.3, -0.25) is 4.79 Å². The molecule has 2 aliphatic rings. The maximum atomic E-state index is 13.5. The van der Waals surface area contributed by atoms with Gasteiger partial charge in [0.05, 0.1) is 29.4 Å². The Balaban J connectivity index is 1.56. The summed E-state index contributed by atoms with van der Waals surface area (Å²) in [5.41, 5.74) is -1.84. The van der Waals surface area contributed by atoms with Crippen LogP contribution in [0.25, 0.3) is 0 Å². The SMILES string of the molecule is COc1ccc(C(=O)O/N=C2\CC3(C(=O)Nc4cccc(C(F)(F)F)c4)CCC2(C)C3(C)C)cc1. The van der Waals surface area contributed by atoms with Crippen molar-refractivity contribution in [3.63, 3.8) is 0 Å². The van der Waals surface area contributed by atoms with Crippen LogP contribution in [0.4, 0.5) is 18.9 Å². The second-order valence-electron chi connectivity index (χ2n) is 9.89. The van der Waals surface area contributed by atoms with E-state index in [9.17, 15) is 22.8 Å². The fraction of sp³-hybridized carbons (Fsp3) is 0.423. The van der Waals surface area contributed by atoms with Crippen LogP contribution < -0.4 is 10.1 Å². The molecule has 2 aromatic carbocycles. The molecule has 2 fully saturated rings. The topological polar surface area (TPSA) is 77.0 Å². The summed E-state index contributed by atoms with van der Waals surface area (Å²) in [4.78, 5) is 31.3. The van der Waals surface area contributed by atoms with Crippen LogP contribution in [0.5, 0.6) is 5.75 Å². The van der Waals surface area contributed by atoms with Crippen LogP contribution in [0.2, 0.25) is 0 Å². The Morgan fingerprint density at radius 1 is 1.03 bits per heavy atom. The first kappa shape index (κ1) is 24.8. The van der Waals surface area contributed by atoms with Gasteiger partial charge in [-0.05, 0) is 60.7 Å². The van der Waals surface area contributed by atoms with Crippen LogP contribution in [0, 0.1) is 16.2 Å². The van der Waals surface area contributed by atoms with Gasteiger partial charge in [-0.2, -0.15) is 13.2 Å². The van der Waals surface area contributed by atoms with E-state index in [0.29, 0.717) is 29.9 Å². The number of oxime groups is 1. The third-order valence-electron chi connectivity index (χ3n) is 8.18. The smallest absolute Gasteiger partial charge is 0.416 e. The normalized spacial score (nSPS) is 26.0. The van der Waals surface area contributed by atoms with E-state index in [1.165, 1.54) is 19.2 Å². The van der Waals surface area contributed by atoms with E-state index >= 15 is 0 Å². The molecule has 4 rings (SSSR count). The molecule has 2 unspecified atom stereocenters. The standard InChI is InChI=1S/C26H27F3N2O4/c1-23(2)24(3)12-13-25(23,22(33)30-18-7-5-6-17(14-18)26(27,28)29)15-20(24)31-35-21(32)16-8-10-19(34-4)11-9-16/h5-11,14H,12-13,15H2,1-4H3,(H,30,33)/b31-20+. The Bertz CT molecular complexity index is 1190. The summed E-state index contributed by atoms with van der Waals surface area (Å²) >= 11 is 0. The number of rotatable bonds is 5. The molecule has 0 radical (unpaired) electrons. The van der Waals surface area contributed by atoms with Crippen molar-refractivity contribution in [3.8, 4) is 5.75 Å². The quantitative estimate of drug-likeness (QED) is 0.409. The average Bonchev–Trinajstić information content (AvgIpc) is 3.13. The minimum absolute atomic E-state index is 0.0833. The van der Waals surface area contributed by atoms with Gasteiger partial charge in [0.1, 0.15) is 5.75 Å². The van der Waals surface area contributed by atoms with E-state index in [0.717, 1.165) is 12.1 Å². The number of methoxy groups -OCH3 is 1. The molecule has 0 aromatic heterocycles. The highest BCUT2D eigenvalue weighted by atomic mass is 19.4. The lowest BCUT2D eigenvalue weighted by atomic mass is 9.64. The molecule has 9 heteroatoms. The zero-order valence-electron chi connectivity index (χ0n) is 20.0. The Morgan fingerprint density at radius 3 is 2.34 bits per heavy atom. The first-order valence-electron chi connectivity index (χ1n) is 11.3. The Kier molecular flexibility index (Phi) is 5.93. The van der Waals surface area contributed by atoms with Gasteiger partial charge in [0.15, 0.2) is 0 Å². The number of hydrogen-bond acceptors (Lipinski definition) is 5. The Labute approximate surface area is 201 Å². The fourth-order valence-corrected chi connectivity index (χ4v) is 5.42. The van der Waals surface area contributed by atoms with Gasteiger partial charge >= 0.3 is 12.1 Å². The van der Waals surface area contributed by atoms with Crippen molar-refractivity contribution in [3.05, 3.63) is 59.7 Å². The predicted octanol–water partition coefficient (Wildman–Crippen LogP) is 6.08. The number of halogens is 3. The maximum absolute atomic E-state index is 13.5. The number of carbonyl (C=O) groups excluding carboxylic acids is 2. The lowest BCUT2D eigenvalue weighted by molar-refractivity contribution is -0.137. The number of benzene rings is 2. The summed E-state index contributed by atoms with van der Waals surface area (Å²) in [6.45, 7) is 5.90. The van der Waals surface area contributed by atoms with Gasteiger partial charge in [-0.25, -0.2) is 4.79 Å². The molecular formula is C26H27F3N2O4. The summed E-state index contributed by atoms with van der Waals surface area (Å²) in [7, 11) is 1.52. The second kappa shape index (κ2) is 8.39. The maximum Gasteiger partial charge on any atom is 0.416 e. The molecule has 2 saturated carbocycles. The molecule has 6 nitrogen and oxygen atoms in total.